The van der Waals surface area contributed by atoms with Crippen LogP contribution in [0.1, 0.15) is 43.6 Å². The maximum atomic E-state index is 12.8. The number of rotatable bonds is 5. The molecule has 3 atom stereocenters. The van der Waals surface area contributed by atoms with E-state index in [1.807, 2.05) is 19.1 Å². The average molecular weight is 332 g/mol. The van der Waals surface area contributed by atoms with Gasteiger partial charge < -0.3 is 9.47 Å². The van der Waals surface area contributed by atoms with Crippen molar-refractivity contribution in [1.29, 1.82) is 0 Å². The van der Waals surface area contributed by atoms with E-state index in [1.54, 1.807) is 39.8 Å². The Morgan fingerprint density at radius 2 is 1.83 bits per heavy atom. The molecule has 1 heterocycles. The second-order valence-electron chi connectivity index (χ2n) is 6.80. The first-order valence-electron chi connectivity index (χ1n) is 8.19. The monoisotopic (exact) mass is 332 g/mol. The zero-order chi connectivity index (χ0) is 18.1. The van der Waals surface area contributed by atoms with E-state index in [-0.39, 0.29) is 12.4 Å². The third-order valence-electron chi connectivity index (χ3n) is 4.61. The van der Waals surface area contributed by atoms with Gasteiger partial charge in [-0.25, -0.2) is 0 Å². The third-order valence-corrected chi connectivity index (χ3v) is 4.61. The smallest absolute Gasteiger partial charge is 0.321 e. The zero-order valence-electron chi connectivity index (χ0n) is 14.8. The first-order valence-corrected chi connectivity index (χ1v) is 8.19. The molecule has 1 saturated heterocycles. The first-order chi connectivity index (χ1) is 11.2. The van der Waals surface area contributed by atoms with Crippen LogP contribution >= 0.6 is 0 Å². The highest BCUT2D eigenvalue weighted by atomic mass is 16.6. The van der Waals surface area contributed by atoms with Crippen molar-refractivity contribution in [2.75, 3.05) is 6.61 Å². The Labute approximate surface area is 142 Å². The fourth-order valence-electron chi connectivity index (χ4n) is 3.45. The van der Waals surface area contributed by atoms with Crippen molar-refractivity contribution in [1.82, 2.24) is 0 Å². The molecule has 1 aromatic carbocycles. The van der Waals surface area contributed by atoms with Crippen molar-refractivity contribution in [3.63, 3.8) is 0 Å². The molecule has 1 fully saturated rings. The zero-order valence-corrected chi connectivity index (χ0v) is 14.8. The van der Waals surface area contributed by atoms with Crippen molar-refractivity contribution in [2.24, 2.45) is 17.8 Å². The lowest BCUT2D eigenvalue weighted by Crippen LogP contribution is -2.41. The summed E-state index contributed by atoms with van der Waals surface area (Å²) in [6.45, 7) is 9.00. The van der Waals surface area contributed by atoms with Gasteiger partial charge in [0.25, 0.3) is 0 Å². The summed E-state index contributed by atoms with van der Waals surface area (Å²) in [5, 5.41) is 0. The number of hydrogen-bond acceptors (Lipinski definition) is 5. The molecule has 0 bridgehead atoms. The van der Waals surface area contributed by atoms with Crippen molar-refractivity contribution in [3.05, 3.63) is 35.4 Å². The number of carbonyl (C=O) groups excluding carboxylic acids is 3. The SMILES string of the molecule is CCOC(=O)[C@@H]1C(=O)OC(C)(C)[C@@H]1[C@@H](C)C(=O)c1ccc(C)cc1. The number of aryl methyl sites for hydroxylation is 1. The molecule has 2 rings (SSSR count). The van der Waals surface area contributed by atoms with Gasteiger partial charge in [-0.05, 0) is 27.7 Å². The molecule has 1 aliphatic rings. The van der Waals surface area contributed by atoms with Crippen LogP contribution in [-0.4, -0.2) is 29.9 Å². The van der Waals surface area contributed by atoms with Crippen molar-refractivity contribution in [3.8, 4) is 0 Å². The molecule has 0 saturated carbocycles. The predicted octanol–water partition coefficient (Wildman–Crippen LogP) is 2.94. The Morgan fingerprint density at radius 1 is 1.25 bits per heavy atom. The van der Waals surface area contributed by atoms with Crippen molar-refractivity contribution >= 4 is 17.7 Å². The van der Waals surface area contributed by atoms with Crippen LogP contribution in [0, 0.1) is 24.7 Å². The molecule has 0 amide bonds. The number of esters is 2. The summed E-state index contributed by atoms with van der Waals surface area (Å²) in [6, 6.07) is 7.25. The van der Waals surface area contributed by atoms with E-state index in [4.69, 9.17) is 9.47 Å². The topological polar surface area (TPSA) is 69.7 Å². The van der Waals surface area contributed by atoms with Crippen LogP contribution in [0.5, 0.6) is 0 Å². The lowest BCUT2D eigenvalue weighted by molar-refractivity contribution is -0.157. The summed E-state index contributed by atoms with van der Waals surface area (Å²) in [7, 11) is 0. The van der Waals surface area contributed by atoms with Crippen LogP contribution in [0.4, 0.5) is 0 Å². The molecule has 0 aromatic heterocycles. The van der Waals surface area contributed by atoms with Gasteiger partial charge in [0.2, 0.25) is 0 Å². The maximum Gasteiger partial charge on any atom is 0.321 e. The first kappa shape index (κ1) is 18.2. The number of ether oxygens (including phenoxy) is 2. The Morgan fingerprint density at radius 3 is 2.38 bits per heavy atom. The van der Waals surface area contributed by atoms with Gasteiger partial charge in [-0.2, -0.15) is 0 Å². The Kier molecular flexibility index (Phi) is 5.11. The molecule has 0 N–H and O–H groups in total. The summed E-state index contributed by atoms with van der Waals surface area (Å²) in [6.07, 6.45) is 0. The van der Waals surface area contributed by atoms with E-state index in [1.165, 1.54) is 0 Å². The largest absolute Gasteiger partial charge is 0.465 e. The quantitative estimate of drug-likeness (QED) is 0.471. The number of carbonyl (C=O) groups is 3. The number of ketones is 1. The van der Waals surface area contributed by atoms with Gasteiger partial charge in [-0.1, -0.05) is 36.8 Å². The Balaban J connectivity index is 2.33. The van der Waals surface area contributed by atoms with Gasteiger partial charge in [0.1, 0.15) is 5.60 Å². The van der Waals surface area contributed by atoms with E-state index in [0.717, 1.165) is 5.56 Å². The van der Waals surface area contributed by atoms with Gasteiger partial charge in [-0.3, -0.25) is 14.4 Å². The average Bonchev–Trinajstić information content (AvgIpc) is 2.75. The highest BCUT2D eigenvalue weighted by molar-refractivity contribution is 6.01. The molecule has 5 nitrogen and oxygen atoms in total. The van der Waals surface area contributed by atoms with Gasteiger partial charge in [0.15, 0.2) is 11.7 Å². The lowest BCUT2D eigenvalue weighted by atomic mass is 9.72. The summed E-state index contributed by atoms with van der Waals surface area (Å²) in [4.78, 5) is 37.3. The minimum absolute atomic E-state index is 0.110. The number of hydrogen-bond donors (Lipinski definition) is 0. The van der Waals surface area contributed by atoms with Gasteiger partial charge >= 0.3 is 11.9 Å². The molecule has 0 spiro atoms. The summed E-state index contributed by atoms with van der Waals surface area (Å²) >= 11 is 0. The molecular weight excluding hydrogens is 308 g/mol. The molecule has 1 aliphatic heterocycles. The Hall–Kier alpha value is -2.17. The lowest BCUT2D eigenvalue weighted by Gasteiger charge is -2.30. The molecule has 1 aromatic rings. The normalized spacial score (nSPS) is 23.5. The van der Waals surface area contributed by atoms with E-state index in [9.17, 15) is 14.4 Å². The van der Waals surface area contributed by atoms with Crippen LogP contribution < -0.4 is 0 Å². The van der Waals surface area contributed by atoms with Crippen LogP contribution in [0.25, 0.3) is 0 Å². The number of Topliss-reactive ketones (excluding diaryl/α,β-unsaturated/α-hetero) is 1. The minimum Gasteiger partial charge on any atom is -0.465 e. The highest BCUT2D eigenvalue weighted by Crippen LogP contribution is 2.43. The van der Waals surface area contributed by atoms with Crippen LogP contribution in [0.2, 0.25) is 0 Å². The fourth-order valence-corrected chi connectivity index (χ4v) is 3.45. The molecule has 0 unspecified atom stereocenters. The fraction of sp³-hybridized carbons (Fsp3) is 0.526. The van der Waals surface area contributed by atoms with Gasteiger partial charge in [-0.15, -0.1) is 0 Å². The van der Waals surface area contributed by atoms with E-state index in [2.05, 4.69) is 0 Å². The Bertz CT molecular complexity index is 644. The molecule has 5 heteroatoms. The summed E-state index contributed by atoms with van der Waals surface area (Å²) < 4.78 is 10.4. The molecular formula is C19H24O5. The van der Waals surface area contributed by atoms with Crippen LogP contribution in [0.15, 0.2) is 24.3 Å². The minimum atomic E-state index is -1.07. The van der Waals surface area contributed by atoms with Gasteiger partial charge in [0.05, 0.1) is 6.61 Å². The van der Waals surface area contributed by atoms with Gasteiger partial charge in [0, 0.05) is 17.4 Å². The highest BCUT2D eigenvalue weighted by Gasteiger charge is 2.57. The van der Waals surface area contributed by atoms with E-state index in [0.29, 0.717) is 5.56 Å². The third kappa shape index (κ3) is 3.35. The van der Waals surface area contributed by atoms with Crippen molar-refractivity contribution in [2.45, 2.75) is 40.2 Å². The standard InChI is InChI=1S/C19H24O5/c1-6-23-17(21)14-15(19(4,5)24-18(14)22)12(3)16(20)13-9-7-11(2)8-10-13/h7-10,12,14-15H,6H2,1-5H3/t12-,14-,15-/m1/s1. The van der Waals surface area contributed by atoms with E-state index >= 15 is 0 Å². The predicted molar refractivity (Wildman–Crippen MR) is 88.5 cm³/mol. The maximum absolute atomic E-state index is 12.8. The molecule has 24 heavy (non-hydrogen) atoms. The van der Waals surface area contributed by atoms with Crippen molar-refractivity contribution < 1.29 is 23.9 Å². The summed E-state index contributed by atoms with van der Waals surface area (Å²) in [5.74, 6) is -3.54. The molecule has 0 aliphatic carbocycles. The number of cyclic esters (lactones) is 1. The molecule has 130 valence electrons. The number of benzene rings is 1. The molecule has 0 radical (unpaired) electrons. The second-order valence-corrected chi connectivity index (χ2v) is 6.80. The van der Waals surface area contributed by atoms with E-state index < -0.39 is 35.3 Å². The van der Waals surface area contributed by atoms with Crippen LogP contribution in [0.3, 0.4) is 0 Å². The second kappa shape index (κ2) is 6.75. The van der Waals surface area contributed by atoms with Crippen LogP contribution in [-0.2, 0) is 19.1 Å². The summed E-state index contributed by atoms with van der Waals surface area (Å²) in [5.41, 5.74) is 0.711.